The quantitative estimate of drug-likeness (QED) is 0.371. The highest BCUT2D eigenvalue weighted by molar-refractivity contribution is 7.54. The molecule has 10 nitrogen and oxygen atoms in total. The summed E-state index contributed by atoms with van der Waals surface area (Å²) in [5.41, 5.74) is 2.47. The number of hydrogen-bond donors (Lipinski definition) is 0. The number of nitrogens with zero attached hydrogens (tertiary/aromatic N) is 5. The Balaban J connectivity index is 1.30. The molecule has 218 valence electrons. The van der Waals surface area contributed by atoms with E-state index in [4.69, 9.17) is 23.8 Å². The Morgan fingerprint density at radius 2 is 1.82 bits per heavy atom. The number of likely N-dealkylation sites (N-methyl/N-ethyl adjacent to an activating group) is 1. The maximum atomic E-state index is 13.1. The van der Waals surface area contributed by atoms with Crippen molar-refractivity contribution in [3.8, 4) is 6.01 Å². The van der Waals surface area contributed by atoms with Gasteiger partial charge in [0.25, 0.3) is 0 Å². The van der Waals surface area contributed by atoms with Crippen LogP contribution in [0.15, 0.2) is 0 Å². The van der Waals surface area contributed by atoms with Crippen molar-refractivity contribution < 1.29 is 23.1 Å². The second-order valence-electron chi connectivity index (χ2n) is 11.8. The van der Waals surface area contributed by atoms with E-state index in [1.54, 1.807) is 18.7 Å². The van der Waals surface area contributed by atoms with Crippen molar-refractivity contribution in [2.45, 2.75) is 83.7 Å². The van der Waals surface area contributed by atoms with Gasteiger partial charge in [-0.15, -0.1) is 0 Å². The van der Waals surface area contributed by atoms with Gasteiger partial charge in [-0.1, -0.05) is 6.92 Å². The number of amides is 1. The van der Waals surface area contributed by atoms with Gasteiger partial charge in [0, 0.05) is 31.7 Å². The second kappa shape index (κ2) is 12.0. The molecule has 1 aliphatic carbocycles. The molecular weight excluding hydrogens is 517 g/mol. The van der Waals surface area contributed by atoms with Gasteiger partial charge >= 0.3 is 13.6 Å². The average Bonchev–Trinajstić information content (AvgIpc) is 3.63. The molecule has 39 heavy (non-hydrogen) atoms. The second-order valence-corrected chi connectivity index (χ2v) is 13.9. The van der Waals surface area contributed by atoms with Crippen molar-refractivity contribution in [1.82, 2.24) is 19.8 Å². The summed E-state index contributed by atoms with van der Waals surface area (Å²) < 4.78 is 30.0. The zero-order valence-corrected chi connectivity index (χ0v) is 25.1. The Morgan fingerprint density at radius 3 is 2.51 bits per heavy atom. The third kappa shape index (κ3) is 6.14. The van der Waals surface area contributed by atoms with Gasteiger partial charge in [-0.05, 0) is 84.2 Å². The van der Waals surface area contributed by atoms with Gasteiger partial charge in [-0.25, -0.2) is 0 Å². The number of fused-ring (bicyclic) bond motifs is 2. The molecule has 0 saturated carbocycles. The van der Waals surface area contributed by atoms with E-state index in [1.165, 1.54) is 44.3 Å². The normalized spacial score (nSPS) is 24.6. The summed E-state index contributed by atoms with van der Waals surface area (Å²) in [6.07, 6.45) is 8.46. The minimum Gasteiger partial charge on any atom is -0.461 e. The molecule has 4 heterocycles. The van der Waals surface area contributed by atoms with Crippen LogP contribution in [0.1, 0.15) is 70.6 Å². The zero-order valence-electron chi connectivity index (χ0n) is 24.2. The lowest BCUT2D eigenvalue weighted by atomic mass is 9.88. The van der Waals surface area contributed by atoms with E-state index in [-0.39, 0.29) is 36.9 Å². The monoisotopic (exact) mass is 563 g/mol. The summed E-state index contributed by atoms with van der Waals surface area (Å²) >= 11 is 0. The SMILES string of the molecule is CCOP(=O)(CC(=O)N1CCC(N(C)c2nc(OCC34CCCN3CCC4)nc3c2CC(C)CC3)C1)OCC. The fraction of sp³-hybridized carbons (Fsp3) is 0.821. The number of carbonyl (C=O) groups excluding carboxylic acids is 1. The summed E-state index contributed by atoms with van der Waals surface area (Å²) in [6, 6.07) is 0.592. The fourth-order valence-electron chi connectivity index (χ4n) is 7.01. The molecule has 0 radical (unpaired) electrons. The molecule has 1 amide bonds. The molecule has 0 N–H and O–H groups in total. The first-order valence-corrected chi connectivity index (χ1v) is 16.6. The van der Waals surface area contributed by atoms with Crippen LogP contribution in [0, 0.1) is 5.92 Å². The molecule has 2 atom stereocenters. The van der Waals surface area contributed by atoms with E-state index in [0.29, 0.717) is 31.6 Å². The maximum absolute atomic E-state index is 13.1. The highest BCUT2D eigenvalue weighted by Gasteiger charge is 2.45. The Bertz CT molecular complexity index is 1070. The largest absolute Gasteiger partial charge is 0.461 e. The number of ether oxygens (including phenoxy) is 1. The number of aromatic nitrogens is 2. The van der Waals surface area contributed by atoms with E-state index in [1.807, 2.05) is 0 Å². The highest BCUT2D eigenvalue weighted by Crippen LogP contribution is 2.48. The smallest absolute Gasteiger partial charge is 0.340 e. The standard InChI is InChI=1S/C28H46N5O5P/c1-5-37-39(35,38-6-2)19-25(34)32-16-11-22(18-32)31(4)26-23-17-21(3)9-10-24(23)29-27(30-26)36-20-28-12-7-14-33(28)15-8-13-28/h21-22H,5-20H2,1-4H3. The van der Waals surface area contributed by atoms with Crippen LogP contribution in [-0.4, -0.2) is 96.5 Å². The van der Waals surface area contributed by atoms with E-state index in [2.05, 4.69) is 23.8 Å². The summed E-state index contributed by atoms with van der Waals surface area (Å²) in [5, 5.41) is 0. The Labute approximate surface area is 233 Å². The van der Waals surface area contributed by atoms with Crippen LogP contribution < -0.4 is 9.64 Å². The van der Waals surface area contributed by atoms with Crippen LogP contribution in [0.3, 0.4) is 0 Å². The van der Waals surface area contributed by atoms with Gasteiger partial charge in [0.2, 0.25) is 5.91 Å². The van der Waals surface area contributed by atoms with Crippen LogP contribution in [0.25, 0.3) is 0 Å². The molecule has 2 unspecified atom stereocenters. The van der Waals surface area contributed by atoms with Crippen LogP contribution >= 0.6 is 7.60 Å². The van der Waals surface area contributed by atoms with E-state index < -0.39 is 7.60 Å². The molecule has 0 aromatic carbocycles. The number of rotatable bonds is 11. The molecular formula is C28H46N5O5P. The van der Waals surface area contributed by atoms with Crippen molar-refractivity contribution in [2.75, 3.05) is 64.1 Å². The lowest BCUT2D eigenvalue weighted by Crippen LogP contribution is -2.43. The molecule has 11 heteroatoms. The number of anilines is 1. The predicted molar refractivity (Wildman–Crippen MR) is 151 cm³/mol. The predicted octanol–water partition coefficient (Wildman–Crippen LogP) is 3.91. The summed E-state index contributed by atoms with van der Waals surface area (Å²) in [6.45, 7) is 10.4. The highest BCUT2D eigenvalue weighted by atomic mass is 31.2. The van der Waals surface area contributed by atoms with Crippen molar-refractivity contribution in [1.29, 1.82) is 0 Å². The Kier molecular flexibility index (Phi) is 8.86. The molecule has 3 aliphatic heterocycles. The van der Waals surface area contributed by atoms with Gasteiger partial charge in [0.05, 0.1) is 24.4 Å². The van der Waals surface area contributed by atoms with Gasteiger partial charge in [0.1, 0.15) is 18.6 Å². The van der Waals surface area contributed by atoms with Crippen LogP contribution in [-0.2, 0) is 31.2 Å². The molecule has 3 fully saturated rings. The molecule has 1 aromatic rings. The third-order valence-electron chi connectivity index (χ3n) is 9.14. The Hall–Kier alpha value is -1.74. The lowest BCUT2D eigenvalue weighted by molar-refractivity contribution is -0.127. The minimum atomic E-state index is -3.43. The van der Waals surface area contributed by atoms with Crippen molar-refractivity contribution >= 4 is 19.3 Å². The number of likely N-dealkylation sites (tertiary alicyclic amines) is 1. The topological polar surface area (TPSA) is 97.3 Å². The molecule has 5 rings (SSSR count). The van der Waals surface area contributed by atoms with Crippen LogP contribution in [0.2, 0.25) is 0 Å². The Morgan fingerprint density at radius 1 is 1.10 bits per heavy atom. The number of carbonyl (C=O) groups is 1. The van der Waals surface area contributed by atoms with Crippen molar-refractivity contribution in [3.05, 3.63) is 11.3 Å². The van der Waals surface area contributed by atoms with Crippen molar-refractivity contribution in [2.24, 2.45) is 5.92 Å². The van der Waals surface area contributed by atoms with Crippen LogP contribution in [0.5, 0.6) is 6.01 Å². The van der Waals surface area contributed by atoms with Crippen molar-refractivity contribution in [3.63, 3.8) is 0 Å². The summed E-state index contributed by atoms with van der Waals surface area (Å²) in [7, 11) is -1.36. The van der Waals surface area contributed by atoms with Gasteiger partial charge in [-0.2, -0.15) is 9.97 Å². The first kappa shape index (κ1) is 28.8. The van der Waals surface area contributed by atoms with Crippen LogP contribution in [0.4, 0.5) is 5.82 Å². The van der Waals surface area contributed by atoms with E-state index >= 15 is 0 Å². The third-order valence-corrected chi connectivity index (χ3v) is 11.1. The zero-order chi connectivity index (χ0) is 27.6. The molecule has 4 aliphatic rings. The molecule has 0 bridgehead atoms. The minimum absolute atomic E-state index is 0.107. The lowest BCUT2D eigenvalue weighted by Gasteiger charge is -2.33. The first-order chi connectivity index (χ1) is 18.8. The molecule has 0 spiro atoms. The number of aryl methyl sites for hydroxylation is 1. The molecule has 1 aromatic heterocycles. The van der Waals surface area contributed by atoms with E-state index in [9.17, 15) is 9.36 Å². The fourth-order valence-corrected chi connectivity index (χ4v) is 8.58. The summed E-state index contributed by atoms with van der Waals surface area (Å²) in [4.78, 5) is 29.6. The first-order valence-electron chi connectivity index (χ1n) is 14.9. The number of hydrogen-bond acceptors (Lipinski definition) is 9. The average molecular weight is 564 g/mol. The summed E-state index contributed by atoms with van der Waals surface area (Å²) in [5.74, 6) is 1.33. The maximum Gasteiger partial charge on any atom is 0.340 e. The van der Waals surface area contributed by atoms with E-state index in [0.717, 1.165) is 37.2 Å². The van der Waals surface area contributed by atoms with Gasteiger partial charge < -0.3 is 23.6 Å². The van der Waals surface area contributed by atoms with Gasteiger partial charge in [-0.3, -0.25) is 14.3 Å². The van der Waals surface area contributed by atoms with Gasteiger partial charge in [0.15, 0.2) is 0 Å². The molecule has 3 saturated heterocycles.